The first-order chi connectivity index (χ1) is 10.8. The van der Waals surface area contributed by atoms with Crippen LogP contribution >= 0.6 is 0 Å². The van der Waals surface area contributed by atoms with Crippen LogP contribution in [0.25, 0.3) is 0 Å². The third-order valence-corrected chi connectivity index (χ3v) is 4.21. The second kappa shape index (κ2) is 9.30. The van der Waals surface area contributed by atoms with Gasteiger partial charge in [-0.1, -0.05) is 75.4 Å². The number of hydrogen-bond acceptors (Lipinski definition) is 1. The van der Waals surface area contributed by atoms with Crippen molar-refractivity contribution in [2.24, 2.45) is 0 Å². The molecular weight excluding hydrogens is 266 g/mol. The highest BCUT2D eigenvalue weighted by molar-refractivity contribution is 5.66. The topological polar surface area (TPSA) is 3.24 Å². The van der Waals surface area contributed by atoms with Gasteiger partial charge in [-0.2, -0.15) is 0 Å². The van der Waals surface area contributed by atoms with Gasteiger partial charge < -0.3 is 4.90 Å². The van der Waals surface area contributed by atoms with E-state index in [0.29, 0.717) is 0 Å². The molecule has 0 aromatic heterocycles. The van der Waals surface area contributed by atoms with Crippen molar-refractivity contribution in [1.29, 1.82) is 0 Å². The van der Waals surface area contributed by atoms with E-state index in [0.717, 1.165) is 6.54 Å². The second-order valence-electron chi connectivity index (χ2n) is 6.04. The van der Waals surface area contributed by atoms with Crippen LogP contribution in [-0.4, -0.2) is 6.54 Å². The molecule has 0 aliphatic rings. The van der Waals surface area contributed by atoms with Crippen molar-refractivity contribution in [3.8, 4) is 0 Å². The standard InChI is InChI=1S/C21H29N/c1-3-4-5-6-7-13-18-22(20-15-9-8-10-16-20)21-17-12-11-14-19(21)2/h8-12,14-17H,3-7,13,18H2,1-2H3. The Kier molecular flexibility index (Phi) is 7.02. The zero-order chi connectivity index (χ0) is 15.6. The molecule has 2 aromatic carbocycles. The van der Waals surface area contributed by atoms with Gasteiger partial charge in [0.1, 0.15) is 0 Å². The van der Waals surface area contributed by atoms with Crippen LogP contribution in [0.2, 0.25) is 0 Å². The van der Waals surface area contributed by atoms with Gasteiger partial charge in [0.15, 0.2) is 0 Å². The Morgan fingerprint density at radius 2 is 1.36 bits per heavy atom. The van der Waals surface area contributed by atoms with Gasteiger partial charge in [-0.25, -0.2) is 0 Å². The molecule has 0 spiro atoms. The molecule has 1 nitrogen and oxygen atoms in total. The average molecular weight is 295 g/mol. The molecule has 0 saturated carbocycles. The van der Waals surface area contributed by atoms with Gasteiger partial charge in [-0.3, -0.25) is 0 Å². The van der Waals surface area contributed by atoms with Crippen LogP contribution in [0.5, 0.6) is 0 Å². The lowest BCUT2D eigenvalue weighted by atomic mass is 10.1. The molecule has 0 fully saturated rings. The zero-order valence-electron chi connectivity index (χ0n) is 14.1. The Labute approximate surface area is 136 Å². The van der Waals surface area contributed by atoms with Crippen molar-refractivity contribution in [2.45, 2.75) is 52.4 Å². The molecule has 0 aliphatic heterocycles. The zero-order valence-corrected chi connectivity index (χ0v) is 14.1. The first-order valence-corrected chi connectivity index (χ1v) is 8.71. The monoisotopic (exact) mass is 295 g/mol. The van der Waals surface area contributed by atoms with Crippen LogP contribution in [0.3, 0.4) is 0 Å². The minimum atomic E-state index is 1.10. The molecule has 0 bridgehead atoms. The second-order valence-corrected chi connectivity index (χ2v) is 6.04. The van der Waals surface area contributed by atoms with Crippen molar-refractivity contribution in [3.05, 3.63) is 60.2 Å². The van der Waals surface area contributed by atoms with Crippen molar-refractivity contribution in [3.63, 3.8) is 0 Å². The molecule has 1 heteroatoms. The molecule has 0 aliphatic carbocycles. The minimum Gasteiger partial charge on any atom is -0.341 e. The summed E-state index contributed by atoms with van der Waals surface area (Å²) in [6.07, 6.45) is 8.03. The number of benzene rings is 2. The van der Waals surface area contributed by atoms with Crippen LogP contribution in [0.4, 0.5) is 11.4 Å². The van der Waals surface area contributed by atoms with Gasteiger partial charge in [-0.05, 0) is 37.1 Å². The highest BCUT2D eigenvalue weighted by Gasteiger charge is 2.10. The van der Waals surface area contributed by atoms with E-state index in [2.05, 4.69) is 73.3 Å². The van der Waals surface area contributed by atoms with E-state index in [-0.39, 0.29) is 0 Å². The summed E-state index contributed by atoms with van der Waals surface area (Å²) in [5, 5.41) is 0. The number of nitrogens with zero attached hydrogens (tertiary/aromatic N) is 1. The van der Waals surface area contributed by atoms with Crippen molar-refractivity contribution in [2.75, 3.05) is 11.4 Å². The predicted octanol–water partition coefficient (Wildman–Crippen LogP) is 6.49. The van der Waals surface area contributed by atoms with Gasteiger partial charge in [-0.15, -0.1) is 0 Å². The Balaban J connectivity index is 2.02. The smallest absolute Gasteiger partial charge is 0.0440 e. The summed E-state index contributed by atoms with van der Waals surface area (Å²) in [5.74, 6) is 0. The van der Waals surface area contributed by atoms with E-state index in [1.165, 1.54) is 55.5 Å². The number of hydrogen-bond donors (Lipinski definition) is 0. The van der Waals surface area contributed by atoms with Gasteiger partial charge in [0.05, 0.1) is 0 Å². The molecule has 0 saturated heterocycles. The summed E-state index contributed by atoms with van der Waals surface area (Å²) in [4.78, 5) is 2.47. The fourth-order valence-corrected chi connectivity index (χ4v) is 2.91. The SMILES string of the molecule is CCCCCCCCN(c1ccccc1)c1ccccc1C. The highest BCUT2D eigenvalue weighted by Crippen LogP contribution is 2.28. The molecule has 0 atom stereocenters. The summed E-state index contributed by atoms with van der Waals surface area (Å²) in [7, 11) is 0. The lowest BCUT2D eigenvalue weighted by Crippen LogP contribution is -2.19. The molecule has 22 heavy (non-hydrogen) atoms. The van der Waals surface area contributed by atoms with E-state index < -0.39 is 0 Å². The lowest BCUT2D eigenvalue weighted by molar-refractivity contribution is 0.609. The van der Waals surface area contributed by atoms with Crippen LogP contribution in [0, 0.1) is 6.92 Å². The molecule has 0 heterocycles. The molecule has 0 N–H and O–H groups in total. The minimum absolute atomic E-state index is 1.10. The third-order valence-electron chi connectivity index (χ3n) is 4.21. The molecule has 118 valence electrons. The third kappa shape index (κ3) is 4.91. The Morgan fingerprint density at radius 3 is 2.09 bits per heavy atom. The maximum atomic E-state index is 2.47. The van der Waals surface area contributed by atoms with E-state index in [1.807, 2.05) is 0 Å². The Bertz CT molecular complexity index is 533. The van der Waals surface area contributed by atoms with Gasteiger partial charge >= 0.3 is 0 Å². The fourth-order valence-electron chi connectivity index (χ4n) is 2.91. The Morgan fingerprint density at radius 1 is 0.727 bits per heavy atom. The summed E-state index contributed by atoms with van der Waals surface area (Å²) in [6.45, 7) is 5.57. The van der Waals surface area contributed by atoms with Gasteiger partial charge in [0.25, 0.3) is 0 Å². The number of anilines is 2. The van der Waals surface area contributed by atoms with E-state index >= 15 is 0 Å². The van der Waals surface area contributed by atoms with Crippen LogP contribution < -0.4 is 4.90 Å². The summed E-state index contributed by atoms with van der Waals surface area (Å²) in [5.41, 5.74) is 3.98. The number of aryl methyl sites for hydroxylation is 1. The highest BCUT2D eigenvalue weighted by atomic mass is 15.1. The van der Waals surface area contributed by atoms with Crippen molar-refractivity contribution < 1.29 is 0 Å². The number of rotatable bonds is 9. The van der Waals surface area contributed by atoms with Crippen molar-refractivity contribution in [1.82, 2.24) is 0 Å². The lowest BCUT2D eigenvalue weighted by Gasteiger charge is -2.26. The van der Waals surface area contributed by atoms with Crippen LogP contribution in [0.15, 0.2) is 54.6 Å². The maximum Gasteiger partial charge on any atom is 0.0440 e. The molecule has 0 unspecified atom stereocenters. The Hall–Kier alpha value is -1.76. The van der Waals surface area contributed by atoms with Crippen molar-refractivity contribution >= 4 is 11.4 Å². The summed E-state index contributed by atoms with van der Waals surface area (Å²) >= 11 is 0. The number of unbranched alkanes of at least 4 members (excludes halogenated alkanes) is 5. The molecule has 0 amide bonds. The fraction of sp³-hybridized carbons (Fsp3) is 0.429. The van der Waals surface area contributed by atoms with Gasteiger partial charge in [0, 0.05) is 17.9 Å². The molecule has 0 radical (unpaired) electrons. The first-order valence-electron chi connectivity index (χ1n) is 8.71. The van der Waals surface area contributed by atoms with E-state index in [9.17, 15) is 0 Å². The average Bonchev–Trinajstić information content (AvgIpc) is 2.56. The molecule has 2 aromatic rings. The quantitative estimate of drug-likeness (QED) is 0.478. The maximum absolute atomic E-state index is 2.47. The normalized spacial score (nSPS) is 10.6. The van der Waals surface area contributed by atoms with Crippen LogP contribution in [-0.2, 0) is 0 Å². The van der Waals surface area contributed by atoms with E-state index in [4.69, 9.17) is 0 Å². The van der Waals surface area contributed by atoms with Crippen LogP contribution in [0.1, 0.15) is 51.0 Å². The first kappa shape index (κ1) is 16.6. The summed E-state index contributed by atoms with van der Waals surface area (Å²) < 4.78 is 0. The number of para-hydroxylation sites is 2. The molecule has 2 rings (SSSR count). The molecular formula is C21H29N. The predicted molar refractivity (Wildman–Crippen MR) is 98.0 cm³/mol. The largest absolute Gasteiger partial charge is 0.341 e. The van der Waals surface area contributed by atoms with Gasteiger partial charge in [0.2, 0.25) is 0 Å². The summed E-state index contributed by atoms with van der Waals surface area (Å²) in [6, 6.07) is 19.5. The van der Waals surface area contributed by atoms with E-state index in [1.54, 1.807) is 0 Å².